The van der Waals surface area contributed by atoms with E-state index in [-0.39, 0.29) is 19.6 Å². The Hall–Kier alpha value is -2.87. The van der Waals surface area contributed by atoms with Crippen molar-refractivity contribution in [3.8, 4) is 0 Å². The number of amides is 2. The minimum atomic E-state index is -1.07. The van der Waals surface area contributed by atoms with Gasteiger partial charge in [0.25, 0.3) is 0 Å². The first-order chi connectivity index (χ1) is 15.5. The van der Waals surface area contributed by atoms with Crippen LogP contribution in [0.5, 0.6) is 0 Å². The van der Waals surface area contributed by atoms with E-state index in [9.17, 15) is 19.5 Å². The molecule has 0 unspecified atom stereocenters. The predicted molar refractivity (Wildman–Crippen MR) is 119 cm³/mol. The van der Waals surface area contributed by atoms with Gasteiger partial charge in [0.15, 0.2) is 0 Å². The van der Waals surface area contributed by atoms with E-state index in [0.717, 1.165) is 30.4 Å². The number of nitrogens with one attached hydrogen (secondary N) is 1. The van der Waals surface area contributed by atoms with Crippen molar-refractivity contribution in [1.82, 2.24) is 10.2 Å². The lowest BCUT2D eigenvalue weighted by atomic mass is 10.1. The molecule has 8 nitrogen and oxygen atoms in total. The minimum absolute atomic E-state index is 0.175. The van der Waals surface area contributed by atoms with Crippen LogP contribution < -0.4 is 5.32 Å². The maximum atomic E-state index is 13.2. The van der Waals surface area contributed by atoms with E-state index in [4.69, 9.17) is 9.47 Å². The first-order valence-electron chi connectivity index (χ1n) is 11.3. The van der Waals surface area contributed by atoms with E-state index in [2.05, 4.69) is 5.32 Å². The Morgan fingerprint density at radius 2 is 2.16 bits per heavy atom. The van der Waals surface area contributed by atoms with Gasteiger partial charge in [0.1, 0.15) is 12.1 Å². The zero-order valence-electron chi connectivity index (χ0n) is 18.5. The third-order valence-electron chi connectivity index (χ3n) is 5.76. The van der Waals surface area contributed by atoms with E-state index in [1.807, 2.05) is 43.3 Å². The van der Waals surface area contributed by atoms with Crippen molar-refractivity contribution >= 4 is 24.0 Å². The smallest absolute Gasteiger partial charge is 0.407 e. The second-order valence-electron chi connectivity index (χ2n) is 8.28. The monoisotopic (exact) mass is 444 g/mol. The minimum Gasteiger partial charge on any atom is -0.480 e. The van der Waals surface area contributed by atoms with Crippen LogP contribution in [0, 0.1) is 0 Å². The molecule has 2 heterocycles. The molecule has 2 aliphatic heterocycles. The summed E-state index contributed by atoms with van der Waals surface area (Å²) in [4.78, 5) is 38.7. The third kappa shape index (κ3) is 6.56. The number of rotatable bonds is 4. The Balaban J connectivity index is 1.81. The van der Waals surface area contributed by atoms with Gasteiger partial charge in [-0.15, -0.1) is 0 Å². The number of allylic oxidation sites excluding steroid dienone is 1. The number of alkyl carbamates (subject to hydrolysis) is 1. The van der Waals surface area contributed by atoms with Crippen LogP contribution in [0.15, 0.2) is 30.3 Å². The summed E-state index contributed by atoms with van der Waals surface area (Å²) in [5, 5.41) is 12.3. The molecule has 0 spiro atoms. The Kier molecular flexibility index (Phi) is 8.67. The standard InChI is InChI=1S/C24H32N2O6/c1-2-3-11-20-22(27)26-15-19(14-21(26)23(28)29)32-16-18-10-7-9-17(13-18)8-5-4-6-12-31-24(30)25-20/h5,7-10,13,19-21H,2-4,6,11-12,14-16H2,1H3,(H,25,30)(H,28,29)/b8-5-/t19-,20+,21+/m1/s1. The number of hydrogen-bond donors (Lipinski definition) is 2. The molecule has 1 saturated heterocycles. The number of fused-ring (bicyclic) bond motifs is 4. The molecule has 32 heavy (non-hydrogen) atoms. The normalized spacial score (nSPS) is 25.9. The molecule has 1 aromatic carbocycles. The second-order valence-corrected chi connectivity index (χ2v) is 8.28. The summed E-state index contributed by atoms with van der Waals surface area (Å²) in [7, 11) is 0. The van der Waals surface area contributed by atoms with Crippen LogP contribution in [0.4, 0.5) is 4.79 Å². The number of benzene rings is 1. The largest absolute Gasteiger partial charge is 0.480 e. The van der Waals surface area contributed by atoms with Gasteiger partial charge >= 0.3 is 12.1 Å². The van der Waals surface area contributed by atoms with E-state index in [1.165, 1.54) is 4.90 Å². The molecule has 0 saturated carbocycles. The Bertz CT molecular complexity index is 840. The van der Waals surface area contributed by atoms with Gasteiger partial charge in [-0.1, -0.05) is 50.1 Å². The molecule has 1 fully saturated rings. The first kappa shape index (κ1) is 23.8. The average Bonchev–Trinajstić information content (AvgIpc) is 3.21. The van der Waals surface area contributed by atoms with Crippen molar-refractivity contribution in [1.29, 1.82) is 0 Å². The fourth-order valence-electron chi connectivity index (χ4n) is 4.03. The van der Waals surface area contributed by atoms with Gasteiger partial charge in [-0.25, -0.2) is 9.59 Å². The second kappa shape index (κ2) is 11.7. The molecular formula is C24H32N2O6. The van der Waals surface area contributed by atoms with Crippen LogP contribution in [0.25, 0.3) is 6.08 Å². The number of unbranched alkanes of at least 4 members (excludes halogenated alkanes) is 1. The van der Waals surface area contributed by atoms with Crippen LogP contribution in [0.3, 0.4) is 0 Å². The molecule has 2 N–H and O–H groups in total. The molecule has 0 aromatic heterocycles. The van der Waals surface area contributed by atoms with Gasteiger partial charge in [0.2, 0.25) is 5.91 Å². The summed E-state index contributed by atoms with van der Waals surface area (Å²) in [5.41, 5.74) is 2.03. The number of aliphatic carboxylic acids is 1. The highest BCUT2D eigenvalue weighted by Gasteiger charge is 2.42. The van der Waals surface area contributed by atoms with Gasteiger partial charge in [-0.2, -0.15) is 0 Å². The number of hydrogen-bond acceptors (Lipinski definition) is 5. The molecule has 2 aliphatic rings. The SMILES string of the molecule is CCCC[C@@H]1NC(=O)OCCC/C=C\c2cccc(c2)CO[C@@H]2C[C@@H](C(=O)O)N(C2)C1=O. The number of carboxylic acid groups (broad SMARTS) is 1. The molecule has 4 bridgehead atoms. The van der Waals surface area contributed by atoms with Crippen molar-refractivity contribution in [3.05, 3.63) is 41.5 Å². The van der Waals surface area contributed by atoms with Gasteiger partial charge in [0, 0.05) is 13.0 Å². The van der Waals surface area contributed by atoms with Crippen molar-refractivity contribution in [2.75, 3.05) is 13.2 Å². The molecule has 1 aromatic rings. The summed E-state index contributed by atoms with van der Waals surface area (Å²) < 4.78 is 11.2. The van der Waals surface area contributed by atoms with Gasteiger partial charge in [-0.05, 0) is 36.5 Å². The molecule has 8 heteroatoms. The zero-order chi connectivity index (χ0) is 22.9. The summed E-state index contributed by atoms with van der Waals surface area (Å²) >= 11 is 0. The maximum absolute atomic E-state index is 13.2. The van der Waals surface area contributed by atoms with Crippen LogP contribution in [-0.2, 0) is 25.7 Å². The summed E-state index contributed by atoms with van der Waals surface area (Å²) in [6.45, 7) is 2.74. The molecular weight excluding hydrogens is 412 g/mol. The van der Waals surface area contributed by atoms with Crippen LogP contribution in [-0.4, -0.2) is 59.3 Å². The van der Waals surface area contributed by atoms with Gasteiger partial charge in [0.05, 0.1) is 19.3 Å². The molecule has 2 amide bonds. The molecule has 174 valence electrons. The lowest BCUT2D eigenvalue weighted by molar-refractivity contribution is -0.149. The Morgan fingerprint density at radius 1 is 1.31 bits per heavy atom. The predicted octanol–water partition coefficient (Wildman–Crippen LogP) is 3.35. The van der Waals surface area contributed by atoms with Crippen LogP contribution in [0.1, 0.15) is 56.6 Å². The molecule has 3 atom stereocenters. The maximum Gasteiger partial charge on any atom is 0.407 e. The lowest BCUT2D eigenvalue weighted by Crippen LogP contribution is -2.52. The van der Waals surface area contributed by atoms with E-state index in [0.29, 0.717) is 19.4 Å². The zero-order valence-corrected chi connectivity index (χ0v) is 18.5. The topological polar surface area (TPSA) is 105 Å². The van der Waals surface area contributed by atoms with Gasteiger partial charge in [-0.3, -0.25) is 4.79 Å². The highest BCUT2D eigenvalue weighted by Crippen LogP contribution is 2.24. The highest BCUT2D eigenvalue weighted by molar-refractivity contribution is 5.89. The first-order valence-corrected chi connectivity index (χ1v) is 11.3. The third-order valence-corrected chi connectivity index (χ3v) is 5.76. The van der Waals surface area contributed by atoms with E-state index >= 15 is 0 Å². The molecule has 0 radical (unpaired) electrons. The molecule has 3 rings (SSSR count). The Labute approximate surface area is 188 Å². The lowest BCUT2D eigenvalue weighted by Gasteiger charge is -2.27. The number of ether oxygens (including phenoxy) is 2. The van der Waals surface area contributed by atoms with E-state index in [1.54, 1.807) is 0 Å². The van der Waals surface area contributed by atoms with Crippen molar-refractivity contribution in [2.45, 2.75) is 70.2 Å². The fourth-order valence-corrected chi connectivity index (χ4v) is 4.03. The van der Waals surface area contributed by atoms with Crippen molar-refractivity contribution in [2.24, 2.45) is 0 Å². The summed E-state index contributed by atoms with van der Waals surface area (Å²) in [5.74, 6) is -1.47. The van der Waals surface area contributed by atoms with Gasteiger partial charge < -0.3 is 24.8 Å². The summed E-state index contributed by atoms with van der Waals surface area (Å²) in [6.07, 6.45) is 6.63. The number of nitrogens with zero attached hydrogens (tertiary/aromatic N) is 1. The quantitative estimate of drug-likeness (QED) is 0.738. The Morgan fingerprint density at radius 3 is 2.94 bits per heavy atom. The number of carbonyl (C=O) groups excluding carboxylic acids is 2. The number of carbonyl (C=O) groups is 3. The summed E-state index contributed by atoms with van der Waals surface area (Å²) in [6, 6.07) is 6.13. The number of cyclic esters (lactones) is 1. The highest BCUT2D eigenvalue weighted by atomic mass is 16.5. The number of carboxylic acids is 1. The van der Waals surface area contributed by atoms with Crippen LogP contribution >= 0.6 is 0 Å². The van der Waals surface area contributed by atoms with Crippen LogP contribution in [0.2, 0.25) is 0 Å². The molecule has 0 aliphatic carbocycles. The van der Waals surface area contributed by atoms with Crippen molar-refractivity contribution < 1.29 is 29.0 Å². The fraction of sp³-hybridized carbons (Fsp3) is 0.542. The average molecular weight is 445 g/mol. The van der Waals surface area contributed by atoms with E-state index < -0.39 is 36.2 Å². The van der Waals surface area contributed by atoms with Crippen molar-refractivity contribution in [3.63, 3.8) is 0 Å².